The highest BCUT2D eigenvalue weighted by molar-refractivity contribution is 7.25. The van der Waals surface area contributed by atoms with Gasteiger partial charge >= 0.3 is 0 Å². The number of aromatic nitrogens is 2. The van der Waals surface area contributed by atoms with E-state index in [1.165, 1.54) is 109 Å². The van der Waals surface area contributed by atoms with Gasteiger partial charge in [0.2, 0.25) is 0 Å². The Morgan fingerprint density at radius 3 is 1.27 bits per heavy atom. The molecule has 3 heterocycles. The summed E-state index contributed by atoms with van der Waals surface area (Å²) in [5, 5.41) is 7.88. The largest absolute Gasteiger partial charge is 0.309 e. The normalized spacial score (nSPS) is 12.6. The number of hydrogen-bond donors (Lipinski definition) is 0. The minimum Gasteiger partial charge on any atom is -0.309 e. The number of hydrogen-bond acceptors (Lipinski definition) is 1. The Morgan fingerprint density at radius 1 is 0.322 bits per heavy atom. The zero-order chi connectivity index (χ0) is 40.2. The van der Waals surface area contributed by atoms with Crippen LogP contribution in [-0.4, -0.2) is 9.13 Å². The third kappa shape index (κ3) is 5.82. The van der Waals surface area contributed by atoms with Gasteiger partial charge in [0.05, 0.1) is 22.1 Å². The third-order valence-corrected chi connectivity index (χ3v) is 13.6. The van der Waals surface area contributed by atoms with Crippen molar-refractivity contribution in [2.45, 2.75) is 52.4 Å². The van der Waals surface area contributed by atoms with E-state index in [0.717, 1.165) is 0 Å². The summed E-state index contributed by atoms with van der Waals surface area (Å²) in [4.78, 5) is 0. The molecule has 0 aliphatic carbocycles. The lowest BCUT2D eigenvalue weighted by Gasteiger charge is -2.19. The van der Waals surface area contributed by atoms with Crippen molar-refractivity contribution in [3.63, 3.8) is 0 Å². The Kier molecular flexibility index (Phi) is 7.90. The summed E-state index contributed by atoms with van der Waals surface area (Å²) in [5.41, 5.74) is 15.0. The van der Waals surface area contributed by atoms with E-state index in [1.807, 2.05) is 11.3 Å². The minimum atomic E-state index is 0.0759. The zero-order valence-corrected chi connectivity index (χ0v) is 35.3. The van der Waals surface area contributed by atoms with Crippen molar-refractivity contribution in [1.29, 1.82) is 0 Å². The molecule has 2 nitrogen and oxygen atoms in total. The number of thiophene rings is 1. The third-order valence-electron chi connectivity index (χ3n) is 12.5. The summed E-state index contributed by atoms with van der Waals surface area (Å²) in [5.74, 6) is 0. The molecule has 0 aliphatic heterocycles. The van der Waals surface area contributed by atoms with Crippen LogP contribution in [0.4, 0.5) is 0 Å². The lowest BCUT2D eigenvalue weighted by Crippen LogP contribution is -2.10. The summed E-state index contributed by atoms with van der Waals surface area (Å²) >= 11 is 1.88. The molecule has 3 heteroatoms. The van der Waals surface area contributed by atoms with E-state index < -0.39 is 0 Å². The lowest BCUT2D eigenvalue weighted by atomic mass is 9.85. The van der Waals surface area contributed by atoms with E-state index in [1.54, 1.807) is 0 Å². The molecule has 0 unspecified atom stereocenters. The van der Waals surface area contributed by atoms with Crippen molar-refractivity contribution in [3.8, 4) is 33.6 Å². The number of fused-ring (bicyclic) bond motifs is 9. The molecule has 8 aromatic carbocycles. The van der Waals surface area contributed by atoms with E-state index in [-0.39, 0.29) is 10.8 Å². The Labute approximate surface area is 349 Å². The van der Waals surface area contributed by atoms with Crippen LogP contribution in [0.3, 0.4) is 0 Å². The van der Waals surface area contributed by atoms with Crippen molar-refractivity contribution in [2.24, 2.45) is 0 Å². The van der Waals surface area contributed by atoms with E-state index in [9.17, 15) is 0 Å². The second-order valence-electron chi connectivity index (χ2n) is 18.3. The van der Waals surface area contributed by atoms with Crippen LogP contribution >= 0.6 is 11.3 Å². The van der Waals surface area contributed by atoms with Gasteiger partial charge in [0.25, 0.3) is 0 Å². The number of nitrogens with zero attached hydrogens (tertiary/aromatic N) is 2. The molecule has 0 radical (unpaired) electrons. The van der Waals surface area contributed by atoms with Crippen LogP contribution in [0.15, 0.2) is 170 Å². The fourth-order valence-corrected chi connectivity index (χ4v) is 10.3. The van der Waals surface area contributed by atoms with Crippen molar-refractivity contribution in [3.05, 3.63) is 181 Å². The van der Waals surface area contributed by atoms with Gasteiger partial charge in [-0.1, -0.05) is 139 Å². The Hall–Kier alpha value is -6.42. The zero-order valence-electron chi connectivity index (χ0n) is 34.5. The Balaban J connectivity index is 0.911. The van der Waals surface area contributed by atoms with Crippen molar-refractivity contribution in [2.75, 3.05) is 0 Å². The molecule has 0 N–H and O–H groups in total. The first kappa shape index (κ1) is 35.7. The predicted octanol–water partition coefficient (Wildman–Crippen LogP) is 16.2. The van der Waals surface area contributed by atoms with Gasteiger partial charge in [-0.25, -0.2) is 0 Å². The highest BCUT2D eigenvalue weighted by Crippen LogP contribution is 2.42. The summed E-state index contributed by atoms with van der Waals surface area (Å²) in [6.45, 7) is 13.8. The van der Waals surface area contributed by atoms with E-state index in [2.05, 4.69) is 221 Å². The summed E-state index contributed by atoms with van der Waals surface area (Å²) in [6, 6.07) is 63.6. The molecule has 0 aliphatic rings. The molecule has 0 bridgehead atoms. The monoisotopic (exact) mass is 778 g/mol. The summed E-state index contributed by atoms with van der Waals surface area (Å²) in [7, 11) is 0. The van der Waals surface area contributed by atoms with E-state index in [4.69, 9.17) is 0 Å². The van der Waals surface area contributed by atoms with Crippen LogP contribution < -0.4 is 0 Å². The maximum atomic E-state index is 2.43. The van der Waals surface area contributed by atoms with Gasteiger partial charge in [-0.3, -0.25) is 0 Å². The highest BCUT2D eigenvalue weighted by Gasteiger charge is 2.21. The van der Waals surface area contributed by atoms with Crippen LogP contribution in [0.25, 0.3) is 97.4 Å². The lowest BCUT2D eigenvalue weighted by molar-refractivity contribution is 0.590. The Bertz CT molecular complexity index is 3340. The van der Waals surface area contributed by atoms with Crippen LogP contribution in [0.1, 0.15) is 52.7 Å². The maximum absolute atomic E-state index is 2.43. The van der Waals surface area contributed by atoms with Gasteiger partial charge < -0.3 is 9.13 Å². The molecule has 11 rings (SSSR count). The molecule has 11 aromatic rings. The van der Waals surface area contributed by atoms with Gasteiger partial charge in [0, 0.05) is 53.1 Å². The molecule has 0 amide bonds. The average molecular weight is 779 g/mol. The number of rotatable bonds is 4. The molecule has 0 fully saturated rings. The minimum absolute atomic E-state index is 0.0759. The molecule has 0 spiro atoms. The topological polar surface area (TPSA) is 9.86 Å². The smallest absolute Gasteiger partial charge is 0.0555 e. The quantitative estimate of drug-likeness (QED) is 0.168. The predicted molar refractivity (Wildman–Crippen MR) is 256 cm³/mol. The van der Waals surface area contributed by atoms with Gasteiger partial charge in [0.1, 0.15) is 0 Å². The van der Waals surface area contributed by atoms with Gasteiger partial charge in [-0.05, 0) is 117 Å². The summed E-state index contributed by atoms with van der Waals surface area (Å²) in [6.07, 6.45) is 0. The van der Waals surface area contributed by atoms with E-state index in [0.29, 0.717) is 0 Å². The van der Waals surface area contributed by atoms with Crippen LogP contribution in [0.2, 0.25) is 0 Å². The molecular formula is C56H46N2S. The molecule has 0 atom stereocenters. The number of para-hydroxylation sites is 1. The average Bonchev–Trinajstić information content (AvgIpc) is 3.89. The van der Waals surface area contributed by atoms with Crippen LogP contribution in [0, 0.1) is 0 Å². The Morgan fingerprint density at radius 2 is 0.746 bits per heavy atom. The first-order valence-corrected chi connectivity index (χ1v) is 21.6. The second kappa shape index (κ2) is 13.0. The second-order valence-corrected chi connectivity index (χ2v) is 19.4. The SMILES string of the molecule is CC(C)(C)c1ccc2c(c1)c1cc(C(C)(C)C)ccc1n2-c1ccc(-c2ccc(-c3ccc(-n4c5ccccc5c5cc6c(cc54)sc4ccccc46)cc3)cc2)cc1. The van der Waals surface area contributed by atoms with Crippen molar-refractivity contribution < 1.29 is 0 Å². The van der Waals surface area contributed by atoms with Gasteiger partial charge in [-0.15, -0.1) is 11.3 Å². The first-order valence-electron chi connectivity index (χ1n) is 20.7. The van der Waals surface area contributed by atoms with Gasteiger partial charge in [-0.2, -0.15) is 0 Å². The molecule has 0 saturated heterocycles. The molecule has 3 aromatic heterocycles. The molecule has 59 heavy (non-hydrogen) atoms. The van der Waals surface area contributed by atoms with Crippen LogP contribution in [-0.2, 0) is 10.8 Å². The fourth-order valence-electron chi connectivity index (χ4n) is 9.16. The molecule has 0 saturated carbocycles. The van der Waals surface area contributed by atoms with Crippen molar-refractivity contribution in [1.82, 2.24) is 9.13 Å². The molecular weight excluding hydrogens is 733 g/mol. The molecule has 286 valence electrons. The fraction of sp³-hybridized carbons (Fsp3) is 0.143. The van der Waals surface area contributed by atoms with E-state index >= 15 is 0 Å². The number of benzene rings is 8. The van der Waals surface area contributed by atoms with Crippen LogP contribution in [0.5, 0.6) is 0 Å². The summed E-state index contributed by atoms with van der Waals surface area (Å²) < 4.78 is 7.52. The van der Waals surface area contributed by atoms with Gasteiger partial charge in [0.15, 0.2) is 0 Å². The first-order chi connectivity index (χ1) is 28.5. The highest BCUT2D eigenvalue weighted by atomic mass is 32.1. The standard InChI is InChI=1S/C56H46N2S/c1-55(2,3)39-23-29-50-45(31-39)46-32-40(56(4,5)6)24-30-51(46)57(50)41-25-19-37(20-26-41)35-15-17-36(18-16-35)38-21-27-42(28-22-38)58-49-13-9-7-11-43(49)47-33-48-44-12-8-10-14-53(44)59-54(48)34-52(47)58/h7-34H,1-6H3. The maximum Gasteiger partial charge on any atom is 0.0555 e. The van der Waals surface area contributed by atoms with Crippen molar-refractivity contribution >= 4 is 75.1 Å².